The lowest BCUT2D eigenvalue weighted by atomic mass is 9.97. The van der Waals surface area contributed by atoms with Gasteiger partial charge in [-0.25, -0.2) is 0 Å². The lowest BCUT2D eigenvalue weighted by Gasteiger charge is -2.32. The molecule has 0 aromatic heterocycles. The van der Waals surface area contributed by atoms with Crippen LogP contribution in [0.1, 0.15) is 34.3 Å². The summed E-state index contributed by atoms with van der Waals surface area (Å²) in [6.07, 6.45) is 2.21. The van der Waals surface area contributed by atoms with Crippen LogP contribution in [0, 0.1) is 19.8 Å². The number of hydrogen-bond donors (Lipinski definition) is 1. The first kappa shape index (κ1) is 16.0. The van der Waals surface area contributed by atoms with Gasteiger partial charge in [0.25, 0.3) is 5.91 Å². The average molecular weight is 283 g/mol. The van der Waals surface area contributed by atoms with Crippen molar-refractivity contribution >= 4 is 18.3 Å². The minimum absolute atomic E-state index is 0. The SMILES string of the molecule is Cc1ccc(C(=O)N2CCCC(CN)C2)cc1C.Cl. The molecule has 0 radical (unpaired) electrons. The molecule has 2 N–H and O–H groups in total. The van der Waals surface area contributed by atoms with E-state index in [1.807, 2.05) is 30.0 Å². The van der Waals surface area contributed by atoms with Gasteiger partial charge in [0.05, 0.1) is 0 Å². The van der Waals surface area contributed by atoms with E-state index in [2.05, 4.69) is 6.92 Å². The molecule has 19 heavy (non-hydrogen) atoms. The normalized spacial score (nSPS) is 18.9. The molecule has 1 aliphatic rings. The van der Waals surface area contributed by atoms with E-state index in [-0.39, 0.29) is 18.3 Å². The molecular weight excluding hydrogens is 260 g/mol. The molecule has 1 aliphatic heterocycles. The first-order valence-corrected chi connectivity index (χ1v) is 6.68. The number of halogens is 1. The second kappa shape index (κ2) is 6.92. The Morgan fingerprint density at radius 2 is 2.11 bits per heavy atom. The van der Waals surface area contributed by atoms with Crippen molar-refractivity contribution in [3.63, 3.8) is 0 Å². The lowest BCUT2D eigenvalue weighted by Crippen LogP contribution is -2.42. The highest BCUT2D eigenvalue weighted by Crippen LogP contribution is 2.19. The monoisotopic (exact) mass is 282 g/mol. The molecule has 1 aromatic carbocycles. The molecule has 1 saturated heterocycles. The molecule has 2 rings (SSSR count). The molecule has 1 aromatic rings. The van der Waals surface area contributed by atoms with Gasteiger partial charge in [-0.2, -0.15) is 0 Å². The molecule has 106 valence electrons. The second-order valence-corrected chi connectivity index (χ2v) is 5.29. The number of rotatable bonds is 2. The Balaban J connectivity index is 0.00000180. The summed E-state index contributed by atoms with van der Waals surface area (Å²) in [5.74, 6) is 0.616. The quantitative estimate of drug-likeness (QED) is 0.906. The van der Waals surface area contributed by atoms with Gasteiger partial charge in [-0.05, 0) is 62.4 Å². The summed E-state index contributed by atoms with van der Waals surface area (Å²) in [6, 6.07) is 5.94. The van der Waals surface area contributed by atoms with Crippen molar-refractivity contribution in [3.8, 4) is 0 Å². The van der Waals surface area contributed by atoms with Crippen LogP contribution >= 0.6 is 12.4 Å². The topological polar surface area (TPSA) is 46.3 Å². The summed E-state index contributed by atoms with van der Waals surface area (Å²) in [7, 11) is 0. The fourth-order valence-corrected chi connectivity index (χ4v) is 2.50. The highest BCUT2D eigenvalue weighted by molar-refractivity contribution is 5.94. The summed E-state index contributed by atoms with van der Waals surface area (Å²) >= 11 is 0. The lowest BCUT2D eigenvalue weighted by molar-refractivity contribution is 0.0678. The molecule has 1 amide bonds. The van der Waals surface area contributed by atoms with Gasteiger partial charge in [0.15, 0.2) is 0 Å². The number of carbonyl (C=O) groups excluding carboxylic acids is 1. The highest BCUT2D eigenvalue weighted by atomic mass is 35.5. The first-order chi connectivity index (χ1) is 8.61. The number of hydrogen-bond acceptors (Lipinski definition) is 2. The van der Waals surface area contributed by atoms with Crippen LogP contribution in [0.25, 0.3) is 0 Å². The van der Waals surface area contributed by atoms with Gasteiger partial charge < -0.3 is 10.6 Å². The Morgan fingerprint density at radius 3 is 2.74 bits per heavy atom. The van der Waals surface area contributed by atoms with E-state index >= 15 is 0 Å². The molecule has 1 atom stereocenters. The Hall–Kier alpha value is -1.06. The van der Waals surface area contributed by atoms with Gasteiger partial charge in [-0.1, -0.05) is 6.07 Å². The molecule has 1 fully saturated rings. The molecule has 0 spiro atoms. The molecule has 3 nitrogen and oxygen atoms in total. The number of piperidine rings is 1. The smallest absolute Gasteiger partial charge is 0.253 e. The molecule has 1 unspecified atom stereocenters. The number of nitrogens with zero attached hydrogens (tertiary/aromatic N) is 1. The van der Waals surface area contributed by atoms with E-state index < -0.39 is 0 Å². The van der Waals surface area contributed by atoms with E-state index in [1.165, 1.54) is 11.1 Å². The zero-order valence-corrected chi connectivity index (χ0v) is 12.5. The summed E-state index contributed by atoms with van der Waals surface area (Å²) in [4.78, 5) is 14.4. The standard InChI is InChI=1S/C15H22N2O.ClH/c1-11-5-6-14(8-12(11)2)15(18)17-7-3-4-13(9-16)10-17;/h5-6,8,13H,3-4,7,9-10,16H2,1-2H3;1H. The van der Waals surface area contributed by atoms with Crippen molar-refractivity contribution < 1.29 is 4.79 Å². The van der Waals surface area contributed by atoms with Crippen molar-refractivity contribution in [2.75, 3.05) is 19.6 Å². The third-order valence-corrected chi connectivity index (χ3v) is 3.89. The maximum Gasteiger partial charge on any atom is 0.253 e. The van der Waals surface area contributed by atoms with Crippen molar-refractivity contribution in [3.05, 3.63) is 34.9 Å². The maximum atomic E-state index is 12.4. The van der Waals surface area contributed by atoms with Gasteiger partial charge in [-0.3, -0.25) is 4.79 Å². The molecular formula is C15H23ClN2O. The summed E-state index contributed by atoms with van der Waals surface area (Å²) in [5.41, 5.74) is 8.91. The molecule has 0 saturated carbocycles. The third kappa shape index (κ3) is 3.71. The maximum absolute atomic E-state index is 12.4. The van der Waals surface area contributed by atoms with Crippen molar-refractivity contribution in [1.82, 2.24) is 4.90 Å². The van der Waals surface area contributed by atoms with E-state index in [0.29, 0.717) is 12.5 Å². The molecule has 0 bridgehead atoms. The first-order valence-electron chi connectivity index (χ1n) is 6.68. The van der Waals surface area contributed by atoms with E-state index in [1.54, 1.807) is 0 Å². The number of aryl methyl sites for hydroxylation is 2. The Morgan fingerprint density at radius 1 is 1.37 bits per heavy atom. The third-order valence-electron chi connectivity index (χ3n) is 3.89. The van der Waals surface area contributed by atoms with Crippen molar-refractivity contribution in [1.29, 1.82) is 0 Å². The van der Waals surface area contributed by atoms with Crippen molar-refractivity contribution in [2.24, 2.45) is 11.7 Å². The van der Waals surface area contributed by atoms with Crippen LogP contribution in [0.5, 0.6) is 0 Å². The Kier molecular flexibility index (Phi) is 5.83. The van der Waals surface area contributed by atoms with Crippen LogP contribution in [0.3, 0.4) is 0 Å². The van der Waals surface area contributed by atoms with Crippen LogP contribution in [0.15, 0.2) is 18.2 Å². The minimum Gasteiger partial charge on any atom is -0.338 e. The van der Waals surface area contributed by atoms with Crippen molar-refractivity contribution in [2.45, 2.75) is 26.7 Å². The summed E-state index contributed by atoms with van der Waals surface area (Å²) in [6.45, 7) is 6.46. The van der Waals surface area contributed by atoms with Crippen LogP contribution in [0.2, 0.25) is 0 Å². The fourth-order valence-electron chi connectivity index (χ4n) is 2.50. The van der Waals surface area contributed by atoms with Crippen LogP contribution < -0.4 is 5.73 Å². The van der Waals surface area contributed by atoms with Gasteiger partial charge in [0.2, 0.25) is 0 Å². The van der Waals surface area contributed by atoms with E-state index in [4.69, 9.17) is 5.73 Å². The van der Waals surface area contributed by atoms with Crippen LogP contribution in [-0.4, -0.2) is 30.4 Å². The predicted molar refractivity (Wildman–Crippen MR) is 80.8 cm³/mol. The van der Waals surface area contributed by atoms with Gasteiger partial charge in [0, 0.05) is 18.7 Å². The zero-order chi connectivity index (χ0) is 13.1. The van der Waals surface area contributed by atoms with E-state index in [9.17, 15) is 4.79 Å². The Bertz CT molecular complexity index is 448. The fraction of sp³-hybridized carbons (Fsp3) is 0.533. The number of carbonyl (C=O) groups is 1. The average Bonchev–Trinajstić information content (AvgIpc) is 2.41. The molecule has 1 heterocycles. The Labute approximate surface area is 121 Å². The number of likely N-dealkylation sites (tertiary alicyclic amines) is 1. The van der Waals surface area contributed by atoms with Gasteiger partial charge >= 0.3 is 0 Å². The van der Waals surface area contributed by atoms with Crippen LogP contribution in [-0.2, 0) is 0 Å². The van der Waals surface area contributed by atoms with E-state index in [0.717, 1.165) is 31.5 Å². The van der Waals surface area contributed by atoms with Gasteiger partial charge in [-0.15, -0.1) is 12.4 Å². The highest BCUT2D eigenvalue weighted by Gasteiger charge is 2.23. The summed E-state index contributed by atoms with van der Waals surface area (Å²) < 4.78 is 0. The number of benzene rings is 1. The number of nitrogens with two attached hydrogens (primary N) is 1. The van der Waals surface area contributed by atoms with Crippen LogP contribution in [0.4, 0.5) is 0 Å². The molecule has 4 heteroatoms. The zero-order valence-electron chi connectivity index (χ0n) is 11.7. The largest absolute Gasteiger partial charge is 0.338 e. The second-order valence-electron chi connectivity index (χ2n) is 5.29. The predicted octanol–water partition coefficient (Wildman–Crippen LogP) is 2.54. The minimum atomic E-state index is 0. The van der Waals surface area contributed by atoms with Gasteiger partial charge in [0.1, 0.15) is 0 Å². The molecule has 0 aliphatic carbocycles. The summed E-state index contributed by atoms with van der Waals surface area (Å²) in [5, 5.41) is 0. The number of amides is 1.